The van der Waals surface area contributed by atoms with Crippen molar-refractivity contribution >= 4 is 23.2 Å². The lowest BCUT2D eigenvalue weighted by atomic mass is 10.0. The Morgan fingerprint density at radius 3 is 2.21 bits per heavy atom. The molecule has 0 aliphatic rings. The van der Waals surface area contributed by atoms with Crippen LogP contribution < -0.4 is 0 Å². The highest BCUT2D eigenvalue weighted by molar-refractivity contribution is 6.30. The van der Waals surface area contributed by atoms with Crippen LogP contribution in [0.25, 0.3) is 0 Å². The fourth-order valence-corrected chi connectivity index (χ4v) is 2.26. The molecular formula is C14H9Cl2F3. The predicted octanol–water partition coefficient (Wildman–Crippen LogP) is 5.28. The Morgan fingerprint density at radius 2 is 1.63 bits per heavy atom. The number of benzene rings is 2. The summed E-state index contributed by atoms with van der Waals surface area (Å²) in [5, 5.41) is -0.110. The topological polar surface area (TPSA) is 0 Å². The van der Waals surface area contributed by atoms with Gasteiger partial charge in [-0.3, -0.25) is 0 Å². The molecule has 0 saturated carbocycles. The normalized spacial score (nSPS) is 12.5. The number of hydrogen-bond donors (Lipinski definition) is 0. The smallest absolute Gasteiger partial charge is 0.194 e. The molecule has 0 aromatic heterocycles. The molecule has 0 bridgehead atoms. The maximum atomic E-state index is 13.1. The van der Waals surface area contributed by atoms with Crippen molar-refractivity contribution in [3.05, 3.63) is 70.0 Å². The Balaban J connectivity index is 2.23. The van der Waals surface area contributed by atoms with Crippen LogP contribution in [0.3, 0.4) is 0 Å². The maximum Gasteiger partial charge on any atom is 0.194 e. The summed E-state index contributed by atoms with van der Waals surface area (Å²) >= 11 is 11.9. The van der Waals surface area contributed by atoms with Gasteiger partial charge in [-0.1, -0.05) is 23.7 Å². The predicted molar refractivity (Wildman–Crippen MR) is 70.1 cm³/mol. The van der Waals surface area contributed by atoms with Gasteiger partial charge in [0.15, 0.2) is 17.5 Å². The largest absolute Gasteiger partial charge is 0.204 e. The van der Waals surface area contributed by atoms with Gasteiger partial charge in [0.2, 0.25) is 0 Å². The number of rotatable bonds is 3. The summed E-state index contributed by atoms with van der Waals surface area (Å²) in [7, 11) is 0. The summed E-state index contributed by atoms with van der Waals surface area (Å²) in [6.07, 6.45) is 0.340. The molecule has 1 atom stereocenters. The lowest BCUT2D eigenvalue weighted by Crippen LogP contribution is -2.00. The quantitative estimate of drug-likeness (QED) is 0.534. The summed E-state index contributed by atoms with van der Waals surface area (Å²) in [6, 6.07) is 8.80. The second kappa shape index (κ2) is 5.85. The highest BCUT2D eigenvalue weighted by Gasteiger charge is 2.16. The van der Waals surface area contributed by atoms with Gasteiger partial charge in [-0.05, 0) is 41.8 Å². The summed E-state index contributed by atoms with van der Waals surface area (Å²) < 4.78 is 39.1. The molecule has 0 aliphatic heterocycles. The average molecular weight is 305 g/mol. The zero-order valence-electron chi connectivity index (χ0n) is 9.64. The maximum absolute atomic E-state index is 13.1. The Morgan fingerprint density at radius 1 is 1.00 bits per heavy atom. The van der Waals surface area contributed by atoms with Crippen molar-refractivity contribution in [2.24, 2.45) is 0 Å². The van der Waals surface area contributed by atoms with E-state index in [4.69, 9.17) is 23.2 Å². The summed E-state index contributed by atoms with van der Waals surface area (Å²) in [5.74, 6) is -3.98. The van der Waals surface area contributed by atoms with Crippen LogP contribution in [0, 0.1) is 17.5 Å². The second-order valence-electron chi connectivity index (χ2n) is 4.10. The van der Waals surface area contributed by atoms with E-state index < -0.39 is 22.8 Å². The first kappa shape index (κ1) is 14.2. The molecule has 0 N–H and O–H groups in total. The van der Waals surface area contributed by atoms with E-state index in [9.17, 15) is 13.2 Å². The summed E-state index contributed by atoms with van der Waals surface area (Å²) in [5.41, 5.74) is 1.02. The van der Waals surface area contributed by atoms with E-state index in [1.165, 1.54) is 0 Å². The zero-order chi connectivity index (χ0) is 14.0. The fraction of sp³-hybridized carbons (Fsp3) is 0.143. The minimum absolute atomic E-state index is 0.193. The van der Waals surface area contributed by atoms with Crippen molar-refractivity contribution in [2.45, 2.75) is 11.8 Å². The van der Waals surface area contributed by atoms with E-state index in [-0.39, 0.29) is 5.56 Å². The van der Waals surface area contributed by atoms with E-state index >= 15 is 0 Å². The molecule has 0 radical (unpaired) electrons. The molecule has 0 nitrogen and oxygen atoms in total. The van der Waals surface area contributed by atoms with Crippen molar-refractivity contribution in [1.82, 2.24) is 0 Å². The Labute approximate surface area is 118 Å². The first-order valence-corrected chi connectivity index (χ1v) is 6.32. The third-order valence-electron chi connectivity index (χ3n) is 2.67. The molecule has 0 aliphatic carbocycles. The minimum atomic E-state index is -1.49. The standard InChI is InChI=1S/C14H9Cl2F3/c15-10-3-1-2-8(4-10)5-11(16)9-6-12(17)14(19)13(18)7-9/h1-4,6-7,11H,5H2. The SMILES string of the molecule is Fc1cc(C(Cl)Cc2cccc(Cl)c2)cc(F)c1F. The molecular weight excluding hydrogens is 296 g/mol. The number of halogens is 5. The van der Waals surface area contributed by atoms with E-state index in [0.717, 1.165) is 17.7 Å². The van der Waals surface area contributed by atoms with Gasteiger partial charge in [0.05, 0.1) is 5.38 Å². The van der Waals surface area contributed by atoms with Gasteiger partial charge in [-0.25, -0.2) is 13.2 Å². The van der Waals surface area contributed by atoms with E-state index in [1.54, 1.807) is 24.3 Å². The fourth-order valence-electron chi connectivity index (χ4n) is 1.74. The average Bonchev–Trinajstić information content (AvgIpc) is 2.35. The van der Waals surface area contributed by atoms with Crippen LogP contribution in [0.5, 0.6) is 0 Å². The highest BCUT2D eigenvalue weighted by Crippen LogP contribution is 2.28. The zero-order valence-corrected chi connectivity index (χ0v) is 11.2. The Hall–Kier alpha value is -1.19. The first-order valence-electron chi connectivity index (χ1n) is 5.50. The third-order valence-corrected chi connectivity index (χ3v) is 3.31. The number of hydrogen-bond acceptors (Lipinski definition) is 0. The lowest BCUT2D eigenvalue weighted by Gasteiger charge is -2.11. The van der Waals surface area contributed by atoms with Gasteiger partial charge >= 0.3 is 0 Å². The Bertz CT molecular complexity index is 576. The van der Waals surface area contributed by atoms with Gasteiger partial charge in [-0.15, -0.1) is 11.6 Å². The van der Waals surface area contributed by atoms with Gasteiger partial charge in [0, 0.05) is 5.02 Å². The van der Waals surface area contributed by atoms with Crippen LogP contribution in [-0.4, -0.2) is 0 Å². The van der Waals surface area contributed by atoms with Crippen LogP contribution in [0.15, 0.2) is 36.4 Å². The monoisotopic (exact) mass is 304 g/mol. The molecule has 19 heavy (non-hydrogen) atoms. The van der Waals surface area contributed by atoms with Crippen LogP contribution >= 0.6 is 23.2 Å². The third kappa shape index (κ3) is 3.43. The van der Waals surface area contributed by atoms with Crippen molar-refractivity contribution in [3.63, 3.8) is 0 Å². The van der Waals surface area contributed by atoms with Gasteiger partial charge in [0.25, 0.3) is 0 Å². The molecule has 0 saturated heterocycles. The molecule has 1 unspecified atom stereocenters. The molecule has 2 aromatic carbocycles. The van der Waals surface area contributed by atoms with Crippen LogP contribution in [0.2, 0.25) is 5.02 Å². The van der Waals surface area contributed by atoms with E-state index in [1.807, 2.05) is 0 Å². The van der Waals surface area contributed by atoms with Crippen molar-refractivity contribution < 1.29 is 13.2 Å². The summed E-state index contributed by atoms with van der Waals surface area (Å²) in [4.78, 5) is 0. The molecule has 2 aromatic rings. The first-order chi connectivity index (χ1) is 8.97. The van der Waals surface area contributed by atoms with Crippen molar-refractivity contribution in [1.29, 1.82) is 0 Å². The molecule has 5 heteroatoms. The molecule has 100 valence electrons. The molecule has 0 amide bonds. The van der Waals surface area contributed by atoms with Crippen LogP contribution in [0.4, 0.5) is 13.2 Å². The highest BCUT2D eigenvalue weighted by atomic mass is 35.5. The Kier molecular flexibility index (Phi) is 4.38. The summed E-state index contributed by atoms with van der Waals surface area (Å²) in [6.45, 7) is 0. The second-order valence-corrected chi connectivity index (χ2v) is 5.06. The van der Waals surface area contributed by atoms with E-state index in [0.29, 0.717) is 11.4 Å². The molecule has 0 spiro atoms. The van der Waals surface area contributed by atoms with Crippen molar-refractivity contribution in [3.8, 4) is 0 Å². The van der Waals surface area contributed by atoms with Gasteiger partial charge in [-0.2, -0.15) is 0 Å². The van der Waals surface area contributed by atoms with Crippen LogP contribution in [-0.2, 0) is 6.42 Å². The number of alkyl halides is 1. The lowest BCUT2D eigenvalue weighted by molar-refractivity contribution is 0.445. The van der Waals surface area contributed by atoms with Gasteiger partial charge < -0.3 is 0 Å². The van der Waals surface area contributed by atoms with Crippen molar-refractivity contribution in [2.75, 3.05) is 0 Å². The van der Waals surface area contributed by atoms with Gasteiger partial charge in [0.1, 0.15) is 0 Å². The molecule has 0 heterocycles. The molecule has 0 fully saturated rings. The molecule has 2 rings (SSSR count). The van der Waals surface area contributed by atoms with Crippen LogP contribution in [0.1, 0.15) is 16.5 Å². The van der Waals surface area contributed by atoms with E-state index in [2.05, 4.69) is 0 Å². The minimum Gasteiger partial charge on any atom is -0.204 e.